The Kier molecular flexibility index (Phi) is 3.58. The van der Waals surface area contributed by atoms with E-state index in [9.17, 15) is 0 Å². The fraction of sp³-hybridized carbons (Fsp3) is 0.286. The summed E-state index contributed by atoms with van der Waals surface area (Å²) in [5.41, 5.74) is 10.1. The average molecular weight is 242 g/mol. The molecule has 0 aliphatic carbocycles. The smallest absolute Gasteiger partial charge is 0.128 e. The first-order valence-corrected chi connectivity index (χ1v) is 5.95. The van der Waals surface area contributed by atoms with Gasteiger partial charge in [-0.1, -0.05) is 6.07 Å². The third-order valence-electron chi connectivity index (χ3n) is 3.02. The van der Waals surface area contributed by atoms with E-state index in [0.717, 1.165) is 22.5 Å². The molecular weight excluding hydrogens is 224 g/mol. The molecule has 0 saturated carbocycles. The number of pyridine rings is 2. The number of nitrogens with one attached hydrogen (secondary N) is 1. The lowest BCUT2D eigenvalue weighted by Crippen LogP contribution is -2.22. The van der Waals surface area contributed by atoms with Crippen LogP contribution in [0.5, 0.6) is 0 Å². The van der Waals surface area contributed by atoms with Crippen LogP contribution in [0.25, 0.3) is 0 Å². The molecule has 0 fully saturated rings. The van der Waals surface area contributed by atoms with Crippen molar-refractivity contribution in [3.8, 4) is 0 Å². The summed E-state index contributed by atoms with van der Waals surface area (Å²) >= 11 is 0. The SMILES string of the molecule is CNC(c1cccc(C)n1)c1c(C)ccnc1N. The second kappa shape index (κ2) is 5.14. The lowest BCUT2D eigenvalue weighted by molar-refractivity contribution is 0.664. The van der Waals surface area contributed by atoms with E-state index >= 15 is 0 Å². The maximum absolute atomic E-state index is 5.99. The van der Waals surface area contributed by atoms with E-state index in [2.05, 4.69) is 15.3 Å². The van der Waals surface area contributed by atoms with Gasteiger partial charge in [-0.05, 0) is 44.7 Å². The van der Waals surface area contributed by atoms with Crippen LogP contribution in [0.3, 0.4) is 0 Å². The molecule has 3 N–H and O–H groups in total. The van der Waals surface area contributed by atoms with Gasteiger partial charge in [-0.2, -0.15) is 0 Å². The molecule has 0 saturated heterocycles. The summed E-state index contributed by atoms with van der Waals surface area (Å²) in [5, 5.41) is 3.26. The monoisotopic (exact) mass is 242 g/mol. The molecule has 18 heavy (non-hydrogen) atoms. The molecule has 4 heteroatoms. The van der Waals surface area contributed by atoms with Crippen molar-refractivity contribution in [1.29, 1.82) is 0 Å². The van der Waals surface area contributed by atoms with Crippen LogP contribution in [0.15, 0.2) is 30.5 Å². The van der Waals surface area contributed by atoms with Crippen molar-refractivity contribution in [2.24, 2.45) is 0 Å². The summed E-state index contributed by atoms with van der Waals surface area (Å²) in [6.07, 6.45) is 1.73. The number of rotatable bonds is 3. The maximum atomic E-state index is 5.99. The van der Waals surface area contributed by atoms with Crippen molar-refractivity contribution >= 4 is 5.82 Å². The van der Waals surface area contributed by atoms with Crippen LogP contribution in [0.1, 0.15) is 28.6 Å². The van der Waals surface area contributed by atoms with Gasteiger partial charge in [0, 0.05) is 17.5 Å². The number of hydrogen-bond donors (Lipinski definition) is 2. The molecule has 2 heterocycles. The molecule has 4 nitrogen and oxygen atoms in total. The number of anilines is 1. The van der Waals surface area contributed by atoms with Crippen LogP contribution >= 0.6 is 0 Å². The molecule has 0 radical (unpaired) electrons. The zero-order chi connectivity index (χ0) is 13.1. The molecule has 0 aliphatic rings. The zero-order valence-corrected chi connectivity index (χ0v) is 10.9. The molecule has 1 unspecified atom stereocenters. The number of hydrogen-bond acceptors (Lipinski definition) is 4. The first-order chi connectivity index (χ1) is 8.63. The summed E-state index contributed by atoms with van der Waals surface area (Å²) in [4.78, 5) is 8.72. The molecule has 2 aromatic rings. The molecule has 0 aliphatic heterocycles. The highest BCUT2D eigenvalue weighted by Crippen LogP contribution is 2.27. The van der Waals surface area contributed by atoms with Gasteiger partial charge in [-0.15, -0.1) is 0 Å². The number of nitrogens with two attached hydrogens (primary N) is 1. The maximum Gasteiger partial charge on any atom is 0.128 e. The summed E-state index contributed by atoms with van der Waals surface area (Å²) in [5.74, 6) is 0.553. The number of aromatic nitrogens is 2. The number of nitrogen functional groups attached to an aromatic ring is 1. The first-order valence-electron chi connectivity index (χ1n) is 5.95. The Labute approximate surface area is 107 Å². The largest absolute Gasteiger partial charge is 0.383 e. The molecule has 2 rings (SSSR count). The average Bonchev–Trinajstić information content (AvgIpc) is 2.34. The highest BCUT2D eigenvalue weighted by atomic mass is 14.9. The van der Waals surface area contributed by atoms with Gasteiger partial charge in [0.25, 0.3) is 0 Å². The molecule has 0 spiro atoms. The Morgan fingerprint density at radius 2 is 2.00 bits per heavy atom. The topological polar surface area (TPSA) is 63.8 Å². The van der Waals surface area contributed by atoms with Crippen molar-refractivity contribution in [3.05, 3.63) is 53.0 Å². The minimum atomic E-state index is -0.0291. The van der Waals surface area contributed by atoms with Crippen molar-refractivity contribution in [2.45, 2.75) is 19.9 Å². The Hall–Kier alpha value is -1.94. The Morgan fingerprint density at radius 1 is 1.22 bits per heavy atom. The van der Waals surface area contributed by atoms with Gasteiger partial charge in [-0.3, -0.25) is 4.98 Å². The predicted molar refractivity (Wildman–Crippen MR) is 73.3 cm³/mol. The van der Waals surface area contributed by atoms with Crippen molar-refractivity contribution in [2.75, 3.05) is 12.8 Å². The number of aryl methyl sites for hydroxylation is 2. The van der Waals surface area contributed by atoms with E-state index in [1.807, 2.05) is 45.2 Å². The van der Waals surface area contributed by atoms with Crippen LogP contribution in [-0.4, -0.2) is 17.0 Å². The molecule has 0 amide bonds. The third-order valence-corrected chi connectivity index (χ3v) is 3.02. The molecule has 2 aromatic heterocycles. The van der Waals surface area contributed by atoms with E-state index in [4.69, 9.17) is 5.73 Å². The van der Waals surface area contributed by atoms with E-state index in [0.29, 0.717) is 5.82 Å². The summed E-state index contributed by atoms with van der Waals surface area (Å²) < 4.78 is 0. The van der Waals surface area contributed by atoms with Gasteiger partial charge in [0.2, 0.25) is 0 Å². The fourth-order valence-corrected chi connectivity index (χ4v) is 2.13. The van der Waals surface area contributed by atoms with Crippen LogP contribution in [0, 0.1) is 13.8 Å². The van der Waals surface area contributed by atoms with Gasteiger partial charge >= 0.3 is 0 Å². The summed E-state index contributed by atoms with van der Waals surface area (Å²) in [6, 6.07) is 7.92. The molecule has 0 bridgehead atoms. The van der Waals surface area contributed by atoms with Gasteiger partial charge < -0.3 is 11.1 Å². The Bertz CT molecular complexity index is 531. The zero-order valence-electron chi connectivity index (χ0n) is 10.9. The standard InChI is InChI=1S/C14H18N4/c1-9-7-8-17-14(15)12(9)13(16-3)11-6-4-5-10(2)18-11/h4-8,13,16H,1-3H3,(H2,15,17). The Balaban J connectivity index is 2.52. The number of nitrogens with zero attached hydrogens (tertiary/aromatic N) is 2. The van der Waals surface area contributed by atoms with Crippen LogP contribution in [0.4, 0.5) is 5.82 Å². The third kappa shape index (κ3) is 2.33. The highest BCUT2D eigenvalue weighted by Gasteiger charge is 2.18. The minimum Gasteiger partial charge on any atom is -0.383 e. The molecule has 94 valence electrons. The van der Waals surface area contributed by atoms with Crippen LogP contribution in [-0.2, 0) is 0 Å². The van der Waals surface area contributed by atoms with Crippen molar-refractivity contribution in [3.63, 3.8) is 0 Å². The summed E-state index contributed by atoms with van der Waals surface area (Å²) in [7, 11) is 1.90. The minimum absolute atomic E-state index is 0.0291. The second-order valence-corrected chi connectivity index (χ2v) is 4.35. The van der Waals surface area contributed by atoms with E-state index in [1.54, 1.807) is 6.20 Å². The van der Waals surface area contributed by atoms with Crippen LogP contribution < -0.4 is 11.1 Å². The van der Waals surface area contributed by atoms with Gasteiger partial charge in [-0.25, -0.2) is 4.98 Å². The predicted octanol–water partition coefficient (Wildman–Crippen LogP) is 1.98. The van der Waals surface area contributed by atoms with E-state index in [1.165, 1.54) is 0 Å². The molecule has 0 aromatic carbocycles. The molecular formula is C14H18N4. The van der Waals surface area contributed by atoms with Crippen molar-refractivity contribution in [1.82, 2.24) is 15.3 Å². The quantitative estimate of drug-likeness (QED) is 0.864. The molecule has 1 atom stereocenters. The lowest BCUT2D eigenvalue weighted by atomic mass is 9.99. The van der Waals surface area contributed by atoms with Crippen molar-refractivity contribution < 1.29 is 0 Å². The fourth-order valence-electron chi connectivity index (χ4n) is 2.13. The van der Waals surface area contributed by atoms with E-state index in [-0.39, 0.29) is 6.04 Å². The van der Waals surface area contributed by atoms with E-state index < -0.39 is 0 Å². The van der Waals surface area contributed by atoms with Gasteiger partial charge in [0.15, 0.2) is 0 Å². The van der Waals surface area contributed by atoms with Crippen LogP contribution in [0.2, 0.25) is 0 Å². The Morgan fingerprint density at radius 3 is 2.61 bits per heavy atom. The lowest BCUT2D eigenvalue weighted by Gasteiger charge is -2.20. The normalized spacial score (nSPS) is 12.4. The summed E-state index contributed by atoms with van der Waals surface area (Å²) in [6.45, 7) is 4.02. The second-order valence-electron chi connectivity index (χ2n) is 4.35. The van der Waals surface area contributed by atoms with Gasteiger partial charge in [0.1, 0.15) is 5.82 Å². The highest BCUT2D eigenvalue weighted by molar-refractivity contribution is 5.48. The van der Waals surface area contributed by atoms with Gasteiger partial charge in [0.05, 0.1) is 11.7 Å². The first kappa shape index (κ1) is 12.5.